The molecule has 0 aliphatic heterocycles. The molecule has 2 N–H and O–H groups in total. The minimum atomic E-state index is -0.0274. The summed E-state index contributed by atoms with van der Waals surface area (Å²) in [4.78, 5) is 11.7. The average molecular weight is 250 g/mol. The molecule has 0 saturated carbocycles. The predicted octanol–water partition coefficient (Wildman–Crippen LogP) is 1.87. The van der Waals surface area contributed by atoms with Crippen LogP contribution in [0.25, 0.3) is 0 Å². The van der Waals surface area contributed by atoms with Gasteiger partial charge in [0.2, 0.25) is 5.91 Å². The maximum Gasteiger partial charge on any atom is 0.239 e. The van der Waals surface area contributed by atoms with Crippen LogP contribution in [0, 0.1) is 13.8 Å². The van der Waals surface area contributed by atoms with Crippen molar-refractivity contribution in [3.8, 4) is 0 Å². The number of carbonyl (C=O) groups is 1. The lowest BCUT2D eigenvalue weighted by molar-refractivity contribution is -0.120. The molecule has 1 aromatic carbocycles. The second kappa shape index (κ2) is 7.01. The van der Waals surface area contributed by atoms with Crippen molar-refractivity contribution >= 4 is 11.6 Å². The normalized spacial score (nSPS) is 12.0. The Labute approximate surface area is 109 Å². The molecule has 18 heavy (non-hydrogen) atoms. The number of hydrogen-bond donors (Lipinski definition) is 2. The lowest BCUT2D eigenvalue weighted by Crippen LogP contribution is -2.39. The van der Waals surface area contributed by atoms with Crippen LogP contribution in [0.3, 0.4) is 0 Å². The van der Waals surface area contributed by atoms with Crippen molar-refractivity contribution < 1.29 is 9.53 Å². The zero-order valence-corrected chi connectivity index (χ0v) is 11.5. The van der Waals surface area contributed by atoms with Gasteiger partial charge in [-0.15, -0.1) is 0 Å². The maximum absolute atomic E-state index is 11.7. The lowest BCUT2D eigenvalue weighted by atomic mass is 10.1. The van der Waals surface area contributed by atoms with Crippen molar-refractivity contribution in [1.29, 1.82) is 0 Å². The fraction of sp³-hybridized carbons (Fsp3) is 0.500. The number of benzene rings is 1. The molecule has 4 heteroatoms. The number of carbonyl (C=O) groups excluding carboxylic acids is 1. The van der Waals surface area contributed by atoms with E-state index in [1.54, 1.807) is 7.11 Å². The molecule has 1 unspecified atom stereocenters. The SMILES string of the molecule is COCC(C)NC(=O)CNc1cccc(C)c1C. The fourth-order valence-electron chi connectivity index (χ4n) is 1.74. The molecule has 0 aliphatic rings. The van der Waals surface area contributed by atoms with E-state index < -0.39 is 0 Å². The summed E-state index contributed by atoms with van der Waals surface area (Å²) in [6, 6.07) is 6.05. The molecule has 0 bridgehead atoms. The van der Waals surface area contributed by atoms with Crippen LogP contribution in [0.2, 0.25) is 0 Å². The second-order valence-corrected chi connectivity index (χ2v) is 4.52. The second-order valence-electron chi connectivity index (χ2n) is 4.52. The summed E-state index contributed by atoms with van der Waals surface area (Å²) in [5, 5.41) is 6.01. The quantitative estimate of drug-likeness (QED) is 0.810. The van der Waals surface area contributed by atoms with E-state index in [4.69, 9.17) is 4.74 Å². The molecule has 0 radical (unpaired) electrons. The molecule has 0 spiro atoms. The van der Waals surface area contributed by atoms with Crippen LogP contribution in [0.1, 0.15) is 18.1 Å². The summed E-state index contributed by atoms with van der Waals surface area (Å²) in [5.41, 5.74) is 3.40. The highest BCUT2D eigenvalue weighted by molar-refractivity contribution is 5.81. The van der Waals surface area contributed by atoms with Crippen LogP contribution in [0.5, 0.6) is 0 Å². The first-order valence-corrected chi connectivity index (χ1v) is 6.13. The minimum absolute atomic E-state index is 0.0274. The van der Waals surface area contributed by atoms with Crippen molar-refractivity contribution in [1.82, 2.24) is 5.32 Å². The number of amides is 1. The van der Waals surface area contributed by atoms with Gasteiger partial charge in [0.05, 0.1) is 13.2 Å². The molecular formula is C14H22N2O2. The summed E-state index contributed by atoms with van der Waals surface area (Å²) in [6.45, 7) is 6.82. The van der Waals surface area contributed by atoms with Crippen molar-refractivity contribution in [3.05, 3.63) is 29.3 Å². The van der Waals surface area contributed by atoms with Crippen LogP contribution in [0.4, 0.5) is 5.69 Å². The highest BCUT2D eigenvalue weighted by atomic mass is 16.5. The van der Waals surface area contributed by atoms with E-state index in [-0.39, 0.29) is 18.5 Å². The Bertz CT molecular complexity index is 405. The largest absolute Gasteiger partial charge is 0.383 e. The van der Waals surface area contributed by atoms with Gasteiger partial charge in [-0.05, 0) is 38.0 Å². The van der Waals surface area contributed by atoms with Gasteiger partial charge in [0.25, 0.3) is 0 Å². The predicted molar refractivity (Wildman–Crippen MR) is 73.9 cm³/mol. The summed E-state index contributed by atoms with van der Waals surface area (Å²) >= 11 is 0. The Kier molecular flexibility index (Phi) is 5.65. The van der Waals surface area contributed by atoms with E-state index >= 15 is 0 Å². The zero-order valence-electron chi connectivity index (χ0n) is 11.5. The van der Waals surface area contributed by atoms with Crippen LogP contribution in [-0.2, 0) is 9.53 Å². The van der Waals surface area contributed by atoms with Crippen molar-refractivity contribution in [3.63, 3.8) is 0 Å². The molecular weight excluding hydrogens is 228 g/mol. The highest BCUT2D eigenvalue weighted by Gasteiger charge is 2.07. The number of nitrogens with one attached hydrogen (secondary N) is 2. The maximum atomic E-state index is 11.7. The van der Waals surface area contributed by atoms with Gasteiger partial charge < -0.3 is 15.4 Å². The first-order chi connectivity index (χ1) is 8.54. The third-order valence-electron chi connectivity index (χ3n) is 2.87. The van der Waals surface area contributed by atoms with E-state index in [1.165, 1.54) is 11.1 Å². The molecule has 0 fully saturated rings. The molecule has 0 aliphatic carbocycles. The van der Waals surface area contributed by atoms with Gasteiger partial charge in [-0.1, -0.05) is 12.1 Å². The Morgan fingerprint density at radius 3 is 2.78 bits per heavy atom. The minimum Gasteiger partial charge on any atom is -0.383 e. The molecule has 1 rings (SSSR count). The van der Waals surface area contributed by atoms with Crippen molar-refractivity contribution in [2.75, 3.05) is 25.6 Å². The molecule has 0 heterocycles. The summed E-state index contributed by atoms with van der Waals surface area (Å²) in [7, 11) is 1.62. The van der Waals surface area contributed by atoms with Crippen molar-refractivity contribution in [2.45, 2.75) is 26.8 Å². The lowest BCUT2D eigenvalue weighted by Gasteiger charge is -2.15. The average Bonchev–Trinajstić information content (AvgIpc) is 2.31. The van der Waals surface area contributed by atoms with Gasteiger partial charge in [0, 0.05) is 18.8 Å². The first-order valence-electron chi connectivity index (χ1n) is 6.13. The zero-order chi connectivity index (χ0) is 13.5. The van der Waals surface area contributed by atoms with E-state index in [9.17, 15) is 4.79 Å². The smallest absolute Gasteiger partial charge is 0.239 e. The molecule has 1 atom stereocenters. The monoisotopic (exact) mass is 250 g/mol. The number of anilines is 1. The number of methoxy groups -OCH3 is 1. The Hall–Kier alpha value is -1.55. The van der Waals surface area contributed by atoms with E-state index in [2.05, 4.69) is 23.6 Å². The van der Waals surface area contributed by atoms with E-state index in [0.29, 0.717) is 6.61 Å². The summed E-state index contributed by atoms with van der Waals surface area (Å²) < 4.78 is 4.97. The molecule has 1 aromatic rings. The molecule has 1 amide bonds. The topological polar surface area (TPSA) is 50.4 Å². The number of rotatable bonds is 6. The van der Waals surface area contributed by atoms with E-state index in [1.807, 2.05) is 26.0 Å². The van der Waals surface area contributed by atoms with Crippen LogP contribution < -0.4 is 10.6 Å². The summed E-state index contributed by atoms with van der Waals surface area (Å²) in [5.74, 6) is -0.0274. The van der Waals surface area contributed by atoms with Crippen LogP contribution >= 0.6 is 0 Å². The van der Waals surface area contributed by atoms with Gasteiger partial charge in [-0.2, -0.15) is 0 Å². The van der Waals surface area contributed by atoms with Gasteiger partial charge in [-0.3, -0.25) is 4.79 Å². The molecule has 4 nitrogen and oxygen atoms in total. The van der Waals surface area contributed by atoms with E-state index in [0.717, 1.165) is 5.69 Å². The third kappa shape index (κ3) is 4.37. The Morgan fingerprint density at radius 1 is 1.39 bits per heavy atom. The van der Waals surface area contributed by atoms with Gasteiger partial charge in [-0.25, -0.2) is 0 Å². The fourth-order valence-corrected chi connectivity index (χ4v) is 1.74. The van der Waals surface area contributed by atoms with Crippen molar-refractivity contribution in [2.24, 2.45) is 0 Å². The number of hydrogen-bond acceptors (Lipinski definition) is 3. The third-order valence-corrected chi connectivity index (χ3v) is 2.87. The highest BCUT2D eigenvalue weighted by Crippen LogP contribution is 2.17. The Morgan fingerprint density at radius 2 is 2.11 bits per heavy atom. The molecule has 0 aromatic heterocycles. The Balaban J connectivity index is 2.45. The molecule has 100 valence electrons. The standard InChI is InChI=1S/C14H22N2O2/c1-10-6-5-7-13(12(10)3)15-8-14(17)16-11(2)9-18-4/h5-7,11,15H,8-9H2,1-4H3,(H,16,17). The number of aryl methyl sites for hydroxylation is 1. The molecule has 0 saturated heterocycles. The van der Waals surface area contributed by atoms with Gasteiger partial charge >= 0.3 is 0 Å². The summed E-state index contributed by atoms with van der Waals surface area (Å²) in [6.07, 6.45) is 0. The van der Waals surface area contributed by atoms with Crippen LogP contribution in [0.15, 0.2) is 18.2 Å². The van der Waals surface area contributed by atoms with Crippen LogP contribution in [-0.4, -0.2) is 32.2 Å². The number of ether oxygens (including phenoxy) is 1. The van der Waals surface area contributed by atoms with Gasteiger partial charge in [0.1, 0.15) is 0 Å². The van der Waals surface area contributed by atoms with Gasteiger partial charge in [0.15, 0.2) is 0 Å². The first kappa shape index (κ1) is 14.5.